The van der Waals surface area contributed by atoms with Gasteiger partial charge in [-0.15, -0.1) is 0 Å². The Bertz CT molecular complexity index is 109. The number of nitrogens with one attached hydrogen (secondary N) is 2. The van der Waals surface area contributed by atoms with E-state index in [2.05, 4.69) is 13.8 Å². The van der Waals surface area contributed by atoms with Crippen LogP contribution >= 0.6 is 0 Å². The quantitative estimate of drug-likeness (QED) is 0.422. The third kappa shape index (κ3) is 477. The molecule has 0 saturated carbocycles. The molecular weight excluding hydrogens is 192 g/mol. The molecule has 15 heavy (non-hydrogen) atoms. The average Bonchev–Trinajstić information content (AvgIpc) is 2.04. The molecule has 0 rings (SSSR count). The Balaban J connectivity index is -0.0000000200. The van der Waals surface area contributed by atoms with Crippen LogP contribution in [0.3, 0.4) is 0 Å². The van der Waals surface area contributed by atoms with Crippen molar-refractivity contribution in [2.75, 3.05) is 0 Å². The fourth-order valence-corrected chi connectivity index (χ4v) is 0.500. The molecule has 0 bridgehead atoms. The van der Waals surface area contributed by atoms with E-state index in [-0.39, 0.29) is 22.3 Å². The van der Waals surface area contributed by atoms with Crippen LogP contribution in [0.1, 0.15) is 61.8 Å². The molecule has 0 aliphatic carbocycles. The third-order valence-electron chi connectivity index (χ3n) is 0.957. The van der Waals surface area contributed by atoms with Crippen LogP contribution in [-0.2, 0) is 9.59 Å². The van der Waals surface area contributed by atoms with Crippen LogP contribution in [0.4, 0.5) is 0 Å². The lowest BCUT2D eigenvalue weighted by molar-refractivity contribution is 0.562. The molecule has 0 aliphatic heterocycles. The van der Waals surface area contributed by atoms with Crippen LogP contribution in [0.25, 0.3) is 0 Å². The van der Waals surface area contributed by atoms with E-state index in [9.17, 15) is 0 Å². The molecule has 0 amide bonds. The molecule has 4 heteroatoms. The Labute approximate surface area is 95.1 Å². The van der Waals surface area contributed by atoms with E-state index in [0.29, 0.717) is 0 Å². The van der Waals surface area contributed by atoms with Crippen molar-refractivity contribution in [2.24, 2.45) is 0 Å². The average molecular weight is 220 g/mol. The summed E-state index contributed by atoms with van der Waals surface area (Å²) in [5, 5.41) is 10.8. The van der Waals surface area contributed by atoms with Crippen molar-refractivity contribution in [1.29, 1.82) is 10.8 Å². The highest BCUT2D eigenvalue weighted by Crippen LogP contribution is 1.95. The zero-order valence-corrected chi connectivity index (χ0v) is 7.64. The third-order valence-corrected chi connectivity index (χ3v) is 0.957. The van der Waals surface area contributed by atoms with E-state index in [1.54, 1.807) is 0 Å². The van der Waals surface area contributed by atoms with E-state index in [4.69, 9.17) is 20.4 Å². The molecule has 0 aromatic heterocycles. The molecule has 2 N–H and O–H groups in total. The zero-order valence-electron chi connectivity index (χ0n) is 7.64. The Morgan fingerprint density at radius 3 is 1.00 bits per heavy atom. The largest absolute Gasteiger partial charge is 0.231 e. The summed E-state index contributed by atoms with van der Waals surface area (Å²) in [7, 11) is 0. The second-order valence-electron chi connectivity index (χ2n) is 1.91. The maximum Gasteiger partial charge on any atom is 0.231 e. The van der Waals surface area contributed by atoms with Gasteiger partial charge in [-0.05, 0) is 0 Å². The SMILES string of the molecule is C.C.C.CCCCCC.N=C=O.N=C=O. The van der Waals surface area contributed by atoms with Gasteiger partial charge in [0.15, 0.2) is 0 Å². The summed E-state index contributed by atoms with van der Waals surface area (Å²) in [4.78, 5) is 16.7. The van der Waals surface area contributed by atoms with Crippen LogP contribution in [0.15, 0.2) is 0 Å². The molecule has 0 fully saturated rings. The molecule has 0 aromatic carbocycles. The van der Waals surface area contributed by atoms with Crippen LogP contribution in [-0.4, -0.2) is 12.2 Å². The van der Waals surface area contributed by atoms with E-state index >= 15 is 0 Å². The van der Waals surface area contributed by atoms with Gasteiger partial charge in [0.05, 0.1) is 0 Å². The lowest BCUT2D eigenvalue weighted by Crippen LogP contribution is -1.66. The van der Waals surface area contributed by atoms with Gasteiger partial charge in [0, 0.05) is 0 Å². The van der Waals surface area contributed by atoms with Crippen molar-refractivity contribution >= 4 is 12.2 Å². The highest BCUT2D eigenvalue weighted by molar-refractivity contribution is 5.26. The highest BCUT2D eigenvalue weighted by atomic mass is 16.1. The van der Waals surface area contributed by atoms with Crippen molar-refractivity contribution < 1.29 is 9.59 Å². The Hall–Kier alpha value is -1.24. The number of rotatable bonds is 3. The summed E-state index contributed by atoms with van der Waals surface area (Å²) in [6.45, 7) is 4.46. The first-order valence-corrected chi connectivity index (χ1v) is 3.82. The Kier molecular flexibility index (Phi) is 193. The molecule has 0 radical (unpaired) electrons. The first-order valence-electron chi connectivity index (χ1n) is 3.82. The number of carbonyl (C=O) groups excluding carboxylic acids is 2. The molecule has 0 saturated heterocycles. The summed E-state index contributed by atoms with van der Waals surface area (Å²) in [5.74, 6) is 0. The van der Waals surface area contributed by atoms with Crippen LogP contribution in [0, 0.1) is 10.8 Å². The van der Waals surface area contributed by atoms with Crippen molar-refractivity contribution in [3.05, 3.63) is 0 Å². The monoisotopic (exact) mass is 220 g/mol. The van der Waals surface area contributed by atoms with Gasteiger partial charge in [0.25, 0.3) is 0 Å². The normalized spacial score (nSPS) is 4.67. The molecule has 94 valence electrons. The summed E-state index contributed by atoms with van der Waals surface area (Å²) in [6.07, 6.45) is 7.04. The molecule has 4 nitrogen and oxygen atoms in total. The molecule has 0 atom stereocenters. The molecular formula is C11H28N2O2. The van der Waals surface area contributed by atoms with E-state index in [1.165, 1.54) is 25.7 Å². The van der Waals surface area contributed by atoms with Gasteiger partial charge in [-0.25, -0.2) is 20.4 Å². The predicted octanol–water partition coefficient (Wildman–Crippen LogP) is 4.30. The van der Waals surface area contributed by atoms with Crippen LogP contribution < -0.4 is 0 Å². The first kappa shape index (κ1) is 37.2. The van der Waals surface area contributed by atoms with Gasteiger partial charge >= 0.3 is 0 Å². The minimum absolute atomic E-state index is 0. The highest BCUT2D eigenvalue weighted by Gasteiger charge is 1.75. The van der Waals surface area contributed by atoms with E-state index in [1.807, 2.05) is 0 Å². The number of hydrogen-bond acceptors (Lipinski definition) is 4. The van der Waals surface area contributed by atoms with Gasteiger partial charge in [0.2, 0.25) is 12.2 Å². The summed E-state index contributed by atoms with van der Waals surface area (Å²) >= 11 is 0. The molecule has 0 spiro atoms. The second kappa shape index (κ2) is 77.9. The number of isocyanates is 2. The lowest BCUT2D eigenvalue weighted by atomic mass is 10.2. The lowest BCUT2D eigenvalue weighted by Gasteiger charge is -1.86. The second-order valence-corrected chi connectivity index (χ2v) is 1.91. The Morgan fingerprint density at radius 1 is 0.800 bits per heavy atom. The summed E-state index contributed by atoms with van der Waals surface area (Å²) in [5.41, 5.74) is 0. The maximum atomic E-state index is 8.35. The molecule has 0 heterocycles. The van der Waals surface area contributed by atoms with Crippen molar-refractivity contribution in [3.8, 4) is 0 Å². The summed E-state index contributed by atoms with van der Waals surface area (Å²) in [6, 6.07) is 0. The fraction of sp³-hybridized carbons (Fsp3) is 0.818. The number of unbranched alkanes of at least 4 members (excludes halogenated alkanes) is 3. The van der Waals surface area contributed by atoms with Crippen LogP contribution in [0.5, 0.6) is 0 Å². The number of hydrogen-bond donors (Lipinski definition) is 2. The molecule has 0 unspecified atom stereocenters. The maximum absolute atomic E-state index is 8.35. The van der Waals surface area contributed by atoms with Crippen LogP contribution in [0.2, 0.25) is 0 Å². The van der Waals surface area contributed by atoms with Crippen molar-refractivity contribution in [1.82, 2.24) is 0 Å². The predicted molar refractivity (Wildman–Crippen MR) is 66.8 cm³/mol. The zero-order chi connectivity index (χ0) is 10.2. The topological polar surface area (TPSA) is 81.8 Å². The first-order chi connectivity index (χ1) is 5.74. The van der Waals surface area contributed by atoms with Gasteiger partial charge < -0.3 is 0 Å². The van der Waals surface area contributed by atoms with Gasteiger partial charge in [-0.2, -0.15) is 0 Å². The minimum Gasteiger partial charge on any atom is -0.222 e. The standard InChI is InChI=1S/C6H14.2CHNO.3CH4/c1-3-5-6-4-2;2*2-1-3;;;/h3-6H2,1-2H3;2*2H;3*1H4. The summed E-state index contributed by atoms with van der Waals surface area (Å²) < 4.78 is 0. The minimum atomic E-state index is 0. The van der Waals surface area contributed by atoms with E-state index in [0.717, 1.165) is 12.2 Å². The molecule has 0 aromatic rings. The van der Waals surface area contributed by atoms with Gasteiger partial charge in [-0.1, -0.05) is 61.8 Å². The van der Waals surface area contributed by atoms with Crippen molar-refractivity contribution in [2.45, 2.75) is 61.8 Å². The van der Waals surface area contributed by atoms with Gasteiger partial charge in [0.1, 0.15) is 0 Å². The van der Waals surface area contributed by atoms with Crippen molar-refractivity contribution in [3.63, 3.8) is 0 Å². The smallest absolute Gasteiger partial charge is 0.222 e. The van der Waals surface area contributed by atoms with Gasteiger partial charge in [-0.3, -0.25) is 0 Å². The van der Waals surface area contributed by atoms with E-state index < -0.39 is 0 Å². The fourth-order valence-electron chi connectivity index (χ4n) is 0.500. The Morgan fingerprint density at radius 2 is 0.933 bits per heavy atom. The molecule has 0 aliphatic rings.